The van der Waals surface area contributed by atoms with Gasteiger partial charge in [0.05, 0.1) is 38.3 Å². The van der Waals surface area contributed by atoms with Gasteiger partial charge in [0.2, 0.25) is 5.43 Å². The van der Waals surface area contributed by atoms with Crippen molar-refractivity contribution in [3.8, 4) is 17.2 Å². The Labute approximate surface area is 188 Å². The van der Waals surface area contributed by atoms with Crippen LogP contribution in [0.25, 0.3) is 11.0 Å². The van der Waals surface area contributed by atoms with E-state index in [1.165, 1.54) is 13.3 Å². The first kappa shape index (κ1) is 21.1. The number of rotatable bonds is 5. The largest absolute Gasteiger partial charge is 0.497 e. The number of ether oxygens (including phenoxy) is 3. The van der Waals surface area contributed by atoms with Crippen LogP contribution in [0.4, 0.5) is 5.82 Å². The van der Waals surface area contributed by atoms with E-state index in [9.17, 15) is 19.8 Å². The second kappa shape index (κ2) is 7.96. The van der Waals surface area contributed by atoms with Crippen molar-refractivity contribution in [1.29, 1.82) is 0 Å². The number of carboxylic acids is 1. The molecule has 0 saturated carbocycles. The van der Waals surface area contributed by atoms with Crippen LogP contribution in [0.1, 0.15) is 22.3 Å². The molecule has 172 valence electrons. The van der Waals surface area contributed by atoms with Crippen molar-refractivity contribution in [3.05, 3.63) is 51.8 Å². The zero-order valence-corrected chi connectivity index (χ0v) is 18.1. The third kappa shape index (κ3) is 3.52. The standard InChI is InChI=1S/C23H23N3O7/c1-31-15-4-3-12(18(6-15)32-2)8-25-10-17(23(29)30)20(28)16-7-19-22(24-21(16)25)26-9-14(27)5-13(26)11-33-19/h3-4,6-7,10,13-14,27H,5,8-9,11H2,1-2H3,(H,29,30)/t13-,14+/m0/s1. The molecule has 0 spiro atoms. The monoisotopic (exact) mass is 453 g/mol. The predicted molar refractivity (Wildman–Crippen MR) is 119 cm³/mol. The number of carbonyl (C=O) groups is 1. The van der Waals surface area contributed by atoms with Gasteiger partial charge in [-0.05, 0) is 24.6 Å². The van der Waals surface area contributed by atoms with E-state index in [4.69, 9.17) is 19.2 Å². The lowest BCUT2D eigenvalue weighted by molar-refractivity contribution is 0.0695. The molecule has 3 aromatic rings. The Bertz CT molecular complexity index is 1320. The minimum absolute atomic E-state index is 0.00223. The summed E-state index contributed by atoms with van der Waals surface area (Å²) in [5, 5.41) is 19.9. The topological polar surface area (TPSA) is 123 Å². The molecule has 2 N–H and O–H groups in total. The number of nitrogens with zero attached hydrogens (tertiary/aromatic N) is 3. The van der Waals surface area contributed by atoms with Crippen LogP contribution in [-0.4, -0.2) is 65.3 Å². The van der Waals surface area contributed by atoms with Gasteiger partial charge in [-0.2, -0.15) is 0 Å². The molecule has 0 radical (unpaired) electrons. The van der Waals surface area contributed by atoms with Crippen molar-refractivity contribution < 1.29 is 29.2 Å². The molecule has 10 heteroatoms. The Morgan fingerprint density at radius 3 is 2.82 bits per heavy atom. The molecule has 33 heavy (non-hydrogen) atoms. The van der Waals surface area contributed by atoms with Crippen molar-refractivity contribution in [2.45, 2.75) is 25.1 Å². The number of fused-ring (bicyclic) bond motifs is 4. The number of aliphatic hydroxyl groups is 1. The fraction of sp³-hybridized carbons (Fsp3) is 0.348. The summed E-state index contributed by atoms with van der Waals surface area (Å²) in [4.78, 5) is 31.5. The van der Waals surface area contributed by atoms with E-state index < -0.39 is 17.5 Å². The summed E-state index contributed by atoms with van der Waals surface area (Å²) in [5.41, 5.74) is 0.0945. The highest BCUT2D eigenvalue weighted by atomic mass is 16.5. The average Bonchev–Trinajstić information content (AvgIpc) is 3.20. The summed E-state index contributed by atoms with van der Waals surface area (Å²) in [7, 11) is 3.09. The number of carboxylic acid groups (broad SMARTS) is 1. The molecule has 0 aliphatic carbocycles. The van der Waals surface area contributed by atoms with Crippen molar-refractivity contribution in [1.82, 2.24) is 9.55 Å². The van der Waals surface area contributed by atoms with E-state index >= 15 is 0 Å². The number of benzene rings is 1. The van der Waals surface area contributed by atoms with Crippen molar-refractivity contribution in [3.63, 3.8) is 0 Å². The third-order valence-corrected chi connectivity index (χ3v) is 6.16. The highest BCUT2D eigenvalue weighted by Gasteiger charge is 2.37. The second-order valence-electron chi connectivity index (χ2n) is 8.17. The van der Waals surface area contributed by atoms with Gasteiger partial charge in [-0.1, -0.05) is 0 Å². The molecule has 1 saturated heterocycles. The van der Waals surface area contributed by atoms with Crippen molar-refractivity contribution in [2.24, 2.45) is 0 Å². The summed E-state index contributed by atoms with van der Waals surface area (Å²) in [6.07, 6.45) is 1.39. The highest BCUT2D eigenvalue weighted by Crippen LogP contribution is 2.38. The number of methoxy groups -OCH3 is 2. The Hall–Kier alpha value is -3.79. The summed E-state index contributed by atoms with van der Waals surface area (Å²) in [6, 6.07) is 6.88. The molecule has 2 aliphatic rings. The van der Waals surface area contributed by atoms with Gasteiger partial charge in [0.15, 0.2) is 11.6 Å². The van der Waals surface area contributed by atoms with Crippen molar-refractivity contribution >= 4 is 22.8 Å². The molecule has 2 atom stereocenters. The predicted octanol–water partition coefficient (Wildman–Crippen LogP) is 1.49. The summed E-state index contributed by atoms with van der Waals surface area (Å²) in [5.74, 6) is 0.796. The van der Waals surface area contributed by atoms with E-state index in [0.29, 0.717) is 48.3 Å². The van der Waals surface area contributed by atoms with Gasteiger partial charge in [-0.3, -0.25) is 4.79 Å². The van der Waals surface area contributed by atoms with Crippen LogP contribution in [0.2, 0.25) is 0 Å². The zero-order chi connectivity index (χ0) is 23.3. The maximum atomic E-state index is 13.0. The number of aromatic nitrogens is 2. The molecule has 10 nitrogen and oxygen atoms in total. The Morgan fingerprint density at radius 2 is 2.09 bits per heavy atom. The van der Waals surface area contributed by atoms with E-state index in [0.717, 1.165) is 5.56 Å². The van der Waals surface area contributed by atoms with Crippen LogP contribution < -0.4 is 24.5 Å². The minimum atomic E-state index is -1.32. The Balaban J connectivity index is 1.70. The lowest BCUT2D eigenvalue weighted by Gasteiger charge is -2.32. The van der Waals surface area contributed by atoms with E-state index in [2.05, 4.69) is 0 Å². The van der Waals surface area contributed by atoms with Gasteiger partial charge in [-0.15, -0.1) is 0 Å². The fourth-order valence-corrected chi connectivity index (χ4v) is 4.53. The molecule has 5 rings (SSSR count). The highest BCUT2D eigenvalue weighted by molar-refractivity contribution is 5.92. The van der Waals surface area contributed by atoms with E-state index in [1.807, 2.05) is 11.0 Å². The Morgan fingerprint density at radius 1 is 1.27 bits per heavy atom. The van der Waals surface area contributed by atoms with Crippen LogP contribution in [0.3, 0.4) is 0 Å². The zero-order valence-electron chi connectivity index (χ0n) is 18.1. The SMILES string of the molecule is COc1ccc(Cn2cc(C(=O)O)c(=O)c3cc4c(nc32)N2C[C@H](O)C[C@H]2CO4)c(OC)c1. The molecule has 2 aromatic heterocycles. The number of aliphatic hydroxyl groups excluding tert-OH is 1. The third-order valence-electron chi connectivity index (χ3n) is 6.16. The van der Waals surface area contributed by atoms with Crippen LogP contribution in [0, 0.1) is 0 Å². The summed E-state index contributed by atoms with van der Waals surface area (Å²) < 4.78 is 18.2. The quantitative estimate of drug-likeness (QED) is 0.591. The van der Waals surface area contributed by atoms with Crippen LogP contribution in [0.15, 0.2) is 35.3 Å². The number of hydrogen-bond donors (Lipinski definition) is 2. The van der Waals surface area contributed by atoms with Gasteiger partial charge in [0, 0.05) is 24.4 Å². The molecule has 1 fully saturated rings. The van der Waals surface area contributed by atoms with Gasteiger partial charge < -0.3 is 33.9 Å². The van der Waals surface area contributed by atoms with Crippen LogP contribution in [-0.2, 0) is 6.54 Å². The molecule has 0 amide bonds. The lowest BCUT2D eigenvalue weighted by atomic mass is 10.1. The molecule has 4 heterocycles. The second-order valence-corrected chi connectivity index (χ2v) is 8.17. The van der Waals surface area contributed by atoms with Crippen LogP contribution >= 0.6 is 0 Å². The van der Waals surface area contributed by atoms with Gasteiger partial charge >= 0.3 is 5.97 Å². The molecular weight excluding hydrogens is 430 g/mol. The number of anilines is 1. The smallest absolute Gasteiger partial charge is 0.341 e. The minimum Gasteiger partial charge on any atom is -0.497 e. The van der Waals surface area contributed by atoms with Crippen LogP contribution in [0.5, 0.6) is 17.2 Å². The summed E-state index contributed by atoms with van der Waals surface area (Å²) in [6.45, 7) is 0.999. The lowest BCUT2D eigenvalue weighted by Crippen LogP contribution is -2.39. The summed E-state index contributed by atoms with van der Waals surface area (Å²) >= 11 is 0. The van der Waals surface area contributed by atoms with Gasteiger partial charge in [0.25, 0.3) is 0 Å². The molecule has 2 aliphatic heterocycles. The number of aromatic carboxylic acids is 1. The normalized spacial score (nSPS) is 19.1. The van der Waals surface area contributed by atoms with Crippen molar-refractivity contribution in [2.75, 3.05) is 32.3 Å². The number of pyridine rings is 2. The van der Waals surface area contributed by atoms with Gasteiger partial charge in [-0.25, -0.2) is 9.78 Å². The number of hydrogen-bond acceptors (Lipinski definition) is 8. The molecule has 1 aromatic carbocycles. The maximum Gasteiger partial charge on any atom is 0.341 e. The average molecular weight is 453 g/mol. The first-order chi connectivity index (χ1) is 15.9. The van der Waals surface area contributed by atoms with E-state index in [-0.39, 0.29) is 23.5 Å². The van der Waals surface area contributed by atoms with Gasteiger partial charge in [0.1, 0.15) is 29.3 Å². The fourth-order valence-electron chi connectivity index (χ4n) is 4.53. The first-order valence-corrected chi connectivity index (χ1v) is 10.5. The molecular formula is C23H23N3O7. The maximum absolute atomic E-state index is 13.0. The first-order valence-electron chi connectivity index (χ1n) is 10.5. The molecule has 0 bridgehead atoms. The molecule has 0 unspecified atom stereocenters. The van der Waals surface area contributed by atoms with E-state index in [1.54, 1.807) is 29.9 Å². The Kier molecular flexibility index (Phi) is 5.09.